The van der Waals surface area contributed by atoms with Crippen LogP contribution in [0.2, 0.25) is 0 Å². The van der Waals surface area contributed by atoms with Gasteiger partial charge >= 0.3 is 5.97 Å². The van der Waals surface area contributed by atoms with E-state index < -0.39 is 0 Å². The summed E-state index contributed by atoms with van der Waals surface area (Å²) in [5, 5.41) is 0. The molecule has 0 aliphatic rings. The Hall–Kier alpha value is -0.790. The molecular weight excluding hydrogens is 200 g/mol. The summed E-state index contributed by atoms with van der Waals surface area (Å²) < 4.78 is 5.48. The number of carbonyl (C=O) groups is 1. The van der Waals surface area contributed by atoms with Gasteiger partial charge in [0.2, 0.25) is 0 Å². The summed E-state index contributed by atoms with van der Waals surface area (Å²) in [6, 6.07) is 0. The average molecular weight is 226 g/mol. The molecule has 0 fully saturated rings. The van der Waals surface area contributed by atoms with Gasteiger partial charge in [-0.15, -0.1) is 0 Å². The molecule has 0 rings (SSSR count). The summed E-state index contributed by atoms with van der Waals surface area (Å²) in [5.74, 6) is -0.220. The zero-order valence-corrected chi connectivity index (χ0v) is 11.2. The Labute approximate surface area is 100 Å². The molecule has 1 unspecified atom stereocenters. The molecule has 0 aromatic heterocycles. The molecule has 0 heterocycles. The van der Waals surface area contributed by atoms with Gasteiger partial charge in [0.05, 0.1) is 0 Å². The van der Waals surface area contributed by atoms with Crippen molar-refractivity contribution in [3.05, 3.63) is 12.2 Å². The smallest absolute Gasteiger partial charge is 0.330 e. The van der Waals surface area contributed by atoms with Crippen molar-refractivity contribution < 1.29 is 9.53 Å². The van der Waals surface area contributed by atoms with E-state index in [0.717, 1.165) is 19.3 Å². The number of ether oxygens (including phenoxy) is 1. The lowest BCUT2D eigenvalue weighted by atomic mass is 9.95. The fourth-order valence-corrected chi connectivity index (χ4v) is 1.64. The van der Waals surface area contributed by atoms with Gasteiger partial charge < -0.3 is 4.74 Å². The Bertz CT molecular complexity index is 221. The van der Waals surface area contributed by atoms with Crippen LogP contribution in [0.15, 0.2) is 12.2 Å². The number of carbonyl (C=O) groups excluding carboxylic acids is 1. The predicted octanol–water partition coefficient (Wildman–Crippen LogP) is 4.24. The molecule has 0 saturated heterocycles. The van der Waals surface area contributed by atoms with E-state index in [0.29, 0.717) is 0 Å². The third-order valence-corrected chi connectivity index (χ3v) is 2.96. The molecule has 0 aromatic carbocycles. The Morgan fingerprint density at radius 3 is 2.44 bits per heavy atom. The molecular formula is C14H26O2. The molecule has 0 aliphatic carbocycles. The summed E-state index contributed by atoms with van der Waals surface area (Å²) in [7, 11) is 0. The van der Waals surface area contributed by atoms with Gasteiger partial charge in [0, 0.05) is 6.08 Å². The first kappa shape index (κ1) is 15.2. The molecule has 2 heteroatoms. The number of hydrogen-bond acceptors (Lipinski definition) is 2. The van der Waals surface area contributed by atoms with E-state index >= 15 is 0 Å². The van der Waals surface area contributed by atoms with Gasteiger partial charge in [0.1, 0.15) is 5.60 Å². The molecule has 16 heavy (non-hydrogen) atoms. The van der Waals surface area contributed by atoms with E-state index in [9.17, 15) is 4.79 Å². The lowest BCUT2D eigenvalue weighted by Gasteiger charge is -2.27. The fourth-order valence-electron chi connectivity index (χ4n) is 1.64. The van der Waals surface area contributed by atoms with Gasteiger partial charge in [0.25, 0.3) is 0 Å². The maximum atomic E-state index is 11.4. The second kappa shape index (κ2) is 8.37. The Kier molecular flexibility index (Phi) is 7.96. The molecule has 0 amide bonds. The van der Waals surface area contributed by atoms with Crippen molar-refractivity contribution in [1.29, 1.82) is 0 Å². The van der Waals surface area contributed by atoms with Gasteiger partial charge in [-0.3, -0.25) is 0 Å². The van der Waals surface area contributed by atoms with Crippen LogP contribution < -0.4 is 0 Å². The van der Waals surface area contributed by atoms with Crippen LogP contribution in [0, 0.1) is 0 Å². The minimum absolute atomic E-state index is 0.220. The topological polar surface area (TPSA) is 26.3 Å². The third-order valence-electron chi connectivity index (χ3n) is 2.96. The zero-order chi connectivity index (χ0) is 12.4. The lowest BCUT2D eigenvalue weighted by Crippen LogP contribution is -2.30. The van der Waals surface area contributed by atoms with Crippen molar-refractivity contribution >= 4 is 5.97 Å². The van der Waals surface area contributed by atoms with E-state index in [1.807, 2.05) is 13.8 Å². The fraction of sp³-hybridized carbons (Fsp3) is 0.786. The standard InChI is InChI=1S/C14H26O2/c1-5-8-9-10-12-14(4,7-3)16-13(15)11-6-2/h6,11H,5,7-10,12H2,1-4H3. The van der Waals surface area contributed by atoms with E-state index in [1.54, 1.807) is 6.08 Å². The highest BCUT2D eigenvalue weighted by molar-refractivity contribution is 5.82. The molecule has 0 saturated carbocycles. The SMILES string of the molecule is CC=CC(=O)OC(C)(CC)CCCCCC. The van der Waals surface area contributed by atoms with E-state index in [2.05, 4.69) is 13.8 Å². The average Bonchev–Trinajstić information content (AvgIpc) is 2.25. The number of unbranched alkanes of at least 4 members (excludes halogenated alkanes) is 3. The summed E-state index contributed by atoms with van der Waals surface area (Å²) in [5.41, 5.74) is -0.287. The van der Waals surface area contributed by atoms with Crippen molar-refractivity contribution in [3.8, 4) is 0 Å². The molecule has 0 aliphatic heterocycles. The molecule has 0 bridgehead atoms. The second-order valence-electron chi connectivity index (χ2n) is 4.54. The van der Waals surface area contributed by atoms with Crippen LogP contribution >= 0.6 is 0 Å². The number of rotatable bonds is 8. The Morgan fingerprint density at radius 2 is 1.94 bits per heavy atom. The highest BCUT2D eigenvalue weighted by Gasteiger charge is 2.25. The van der Waals surface area contributed by atoms with E-state index in [4.69, 9.17) is 4.74 Å². The zero-order valence-electron chi connectivity index (χ0n) is 11.2. The van der Waals surface area contributed by atoms with Gasteiger partial charge in [-0.1, -0.05) is 39.2 Å². The van der Waals surface area contributed by atoms with Crippen LogP contribution in [-0.4, -0.2) is 11.6 Å². The van der Waals surface area contributed by atoms with Crippen LogP contribution in [0.1, 0.15) is 66.2 Å². The van der Waals surface area contributed by atoms with Crippen molar-refractivity contribution in [2.24, 2.45) is 0 Å². The van der Waals surface area contributed by atoms with Crippen LogP contribution in [0.4, 0.5) is 0 Å². The molecule has 94 valence electrons. The highest BCUT2D eigenvalue weighted by atomic mass is 16.6. The van der Waals surface area contributed by atoms with Crippen LogP contribution in [0.3, 0.4) is 0 Å². The van der Waals surface area contributed by atoms with Gasteiger partial charge in [-0.2, -0.15) is 0 Å². The summed E-state index contributed by atoms with van der Waals surface area (Å²) in [4.78, 5) is 11.4. The predicted molar refractivity (Wildman–Crippen MR) is 68.4 cm³/mol. The first-order chi connectivity index (χ1) is 7.58. The number of esters is 1. The minimum atomic E-state index is -0.287. The Morgan fingerprint density at radius 1 is 1.25 bits per heavy atom. The Balaban J connectivity index is 4.04. The summed E-state index contributed by atoms with van der Waals surface area (Å²) in [6.07, 6.45) is 9.92. The monoisotopic (exact) mass is 226 g/mol. The third kappa shape index (κ3) is 6.65. The van der Waals surface area contributed by atoms with Crippen molar-refractivity contribution in [2.45, 2.75) is 71.8 Å². The maximum Gasteiger partial charge on any atom is 0.330 e. The molecule has 0 N–H and O–H groups in total. The quantitative estimate of drug-likeness (QED) is 0.351. The molecule has 0 aromatic rings. The summed E-state index contributed by atoms with van der Waals surface area (Å²) >= 11 is 0. The van der Waals surface area contributed by atoms with E-state index in [1.165, 1.54) is 25.3 Å². The van der Waals surface area contributed by atoms with Crippen molar-refractivity contribution in [3.63, 3.8) is 0 Å². The van der Waals surface area contributed by atoms with Gasteiger partial charge in [0.15, 0.2) is 0 Å². The van der Waals surface area contributed by atoms with Crippen LogP contribution in [0.25, 0.3) is 0 Å². The normalized spacial score (nSPS) is 15.0. The number of hydrogen-bond donors (Lipinski definition) is 0. The molecule has 0 radical (unpaired) electrons. The molecule has 1 atom stereocenters. The highest BCUT2D eigenvalue weighted by Crippen LogP contribution is 2.23. The minimum Gasteiger partial charge on any atom is -0.456 e. The number of allylic oxidation sites excluding steroid dienone is 1. The first-order valence-corrected chi connectivity index (χ1v) is 6.43. The van der Waals surface area contributed by atoms with Gasteiger partial charge in [-0.05, 0) is 33.1 Å². The second-order valence-corrected chi connectivity index (χ2v) is 4.54. The van der Waals surface area contributed by atoms with E-state index in [-0.39, 0.29) is 11.6 Å². The maximum absolute atomic E-state index is 11.4. The molecule has 2 nitrogen and oxygen atoms in total. The lowest BCUT2D eigenvalue weighted by molar-refractivity contribution is -0.153. The van der Waals surface area contributed by atoms with Crippen molar-refractivity contribution in [1.82, 2.24) is 0 Å². The van der Waals surface area contributed by atoms with Gasteiger partial charge in [-0.25, -0.2) is 4.79 Å². The van der Waals surface area contributed by atoms with Crippen molar-refractivity contribution in [2.75, 3.05) is 0 Å². The molecule has 0 spiro atoms. The first-order valence-electron chi connectivity index (χ1n) is 6.43. The van der Waals surface area contributed by atoms with Crippen LogP contribution in [0.5, 0.6) is 0 Å². The summed E-state index contributed by atoms with van der Waals surface area (Å²) in [6.45, 7) is 8.12. The van der Waals surface area contributed by atoms with Crippen LogP contribution in [-0.2, 0) is 9.53 Å². The largest absolute Gasteiger partial charge is 0.456 e.